The molecule has 0 aromatic heterocycles. The molecule has 1 saturated heterocycles. The molecular formula is C14H20N2O2. The van der Waals surface area contributed by atoms with E-state index in [4.69, 9.17) is 10.5 Å². The number of carbonyl (C=O) groups is 1. The number of nitrogens with zero attached hydrogens (tertiary/aromatic N) is 1. The van der Waals surface area contributed by atoms with Crippen LogP contribution in [0, 0.1) is 13.8 Å². The van der Waals surface area contributed by atoms with Crippen LogP contribution in [0.4, 0.5) is 4.79 Å². The van der Waals surface area contributed by atoms with E-state index in [0.717, 1.165) is 30.5 Å². The summed E-state index contributed by atoms with van der Waals surface area (Å²) in [4.78, 5) is 13.7. The molecule has 2 rings (SSSR count). The summed E-state index contributed by atoms with van der Waals surface area (Å²) >= 11 is 0. The van der Waals surface area contributed by atoms with Gasteiger partial charge in [-0.15, -0.1) is 0 Å². The molecule has 1 amide bonds. The first-order chi connectivity index (χ1) is 8.56. The summed E-state index contributed by atoms with van der Waals surface area (Å²) in [6, 6.07) is 5.86. The van der Waals surface area contributed by atoms with Crippen LogP contribution < -0.4 is 10.5 Å². The van der Waals surface area contributed by atoms with Crippen LogP contribution in [0.25, 0.3) is 0 Å². The van der Waals surface area contributed by atoms with Gasteiger partial charge in [0.05, 0.1) is 0 Å². The zero-order chi connectivity index (χ0) is 13.1. The highest BCUT2D eigenvalue weighted by atomic mass is 16.6. The standard InChI is InChI=1S/C14H20N2O2/c1-10-5-6-13(11(2)8-10)18-14(17)16-7-3-4-12(15)9-16/h5-6,8,12H,3-4,7,9,15H2,1-2H3. The number of rotatable bonds is 1. The first kappa shape index (κ1) is 12.9. The van der Waals surface area contributed by atoms with Gasteiger partial charge in [-0.3, -0.25) is 0 Å². The van der Waals surface area contributed by atoms with Crippen LogP contribution in [-0.4, -0.2) is 30.1 Å². The summed E-state index contributed by atoms with van der Waals surface area (Å²) < 4.78 is 5.42. The van der Waals surface area contributed by atoms with Crippen molar-refractivity contribution < 1.29 is 9.53 Å². The van der Waals surface area contributed by atoms with Gasteiger partial charge < -0.3 is 15.4 Å². The van der Waals surface area contributed by atoms with Crippen molar-refractivity contribution in [3.63, 3.8) is 0 Å². The Labute approximate surface area is 108 Å². The van der Waals surface area contributed by atoms with Crippen molar-refractivity contribution in [1.82, 2.24) is 4.90 Å². The number of carbonyl (C=O) groups excluding carboxylic acids is 1. The normalized spacial score (nSPS) is 19.7. The number of piperidine rings is 1. The predicted molar refractivity (Wildman–Crippen MR) is 70.7 cm³/mol. The average Bonchev–Trinajstić information content (AvgIpc) is 2.32. The minimum absolute atomic E-state index is 0.0745. The second-order valence-electron chi connectivity index (χ2n) is 4.99. The predicted octanol–water partition coefficient (Wildman–Crippen LogP) is 2.23. The van der Waals surface area contributed by atoms with Gasteiger partial charge in [-0.25, -0.2) is 4.79 Å². The fourth-order valence-corrected chi connectivity index (χ4v) is 2.25. The van der Waals surface area contributed by atoms with E-state index in [0.29, 0.717) is 12.3 Å². The van der Waals surface area contributed by atoms with Gasteiger partial charge in [0, 0.05) is 19.1 Å². The van der Waals surface area contributed by atoms with Gasteiger partial charge in [0.1, 0.15) is 5.75 Å². The number of aryl methyl sites for hydroxylation is 2. The largest absolute Gasteiger partial charge is 0.415 e. The van der Waals surface area contributed by atoms with E-state index in [2.05, 4.69) is 0 Å². The van der Waals surface area contributed by atoms with Crippen LogP contribution in [0.5, 0.6) is 5.75 Å². The quantitative estimate of drug-likeness (QED) is 0.829. The fourth-order valence-electron chi connectivity index (χ4n) is 2.25. The number of hydrogen-bond acceptors (Lipinski definition) is 3. The summed E-state index contributed by atoms with van der Waals surface area (Å²) in [6.45, 7) is 5.28. The van der Waals surface area contributed by atoms with E-state index in [-0.39, 0.29) is 12.1 Å². The molecule has 4 heteroatoms. The molecule has 0 saturated carbocycles. The molecule has 2 N–H and O–H groups in total. The van der Waals surface area contributed by atoms with Crippen LogP contribution in [0.2, 0.25) is 0 Å². The van der Waals surface area contributed by atoms with E-state index in [1.54, 1.807) is 4.90 Å². The molecule has 1 aromatic rings. The SMILES string of the molecule is Cc1ccc(OC(=O)N2CCCC(N)C2)c(C)c1. The van der Waals surface area contributed by atoms with E-state index >= 15 is 0 Å². The summed E-state index contributed by atoms with van der Waals surface area (Å²) in [5, 5.41) is 0. The minimum Gasteiger partial charge on any atom is -0.410 e. The lowest BCUT2D eigenvalue weighted by molar-refractivity contribution is 0.137. The Balaban J connectivity index is 2.02. The molecule has 1 heterocycles. The smallest absolute Gasteiger partial charge is 0.410 e. The second-order valence-corrected chi connectivity index (χ2v) is 4.99. The van der Waals surface area contributed by atoms with E-state index in [1.165, 1.54) is 0 Å². The van der Waals surface area contributed by atoms with Crippen LogP contribution in [-0.2, 0) is 0 Å². The molecule has 1 aliphatic heterocycles. The van der Waals surface area contributed by atoms with Crippen molar-refractivity contribution in [1.29, 1.82) is 0 Å². The number of likely N-dealkylation sites (tertiary alicyclic amines) is 1. The Morgan fingerprint density at radius 3 is 2.89 bits per heavy atom. The molecule has 18 heavy (non-hydrogen) atoms. The Hall–Kier alpha value is -1.55. The number of amides is 1. The Kier molecular flexibility index (Phi) is 3.87. The van der Waals surface area contributed by atoms with Gasteiger partial charge in [0.2, 0.25) is 0 Å². The molecule has 0 spiro atoms. The monoisotopic (exact) mass is 248 g/mol. The third-order valence-electron chi connectivity index (χ3n) is 3.24. The van der Waals surface area contributed by atoms with Crippen molar-refractivity contribution in [2.75, 3.05) is 13.1 Å². The summed E-state index contributed by atoms with van der Waals surface area (Å²) in [6.07, 6.45) is 1.63. The second kappa shape index (κ2) is 5.40. The van der Waals surface area contributed by atoms with Gasteiger partial charge >= 0.3 is 6.09 Å². The lowest BCUT2D eigenvalue weighted by Crippen LogP contribution is -2.46. The number of hydrogen-bond donors (Lipinski definition) is 1. The maximum absolute atomic E-state index is 12.0. The zero-order valence-corrected chi connectivity index (χ0v) is 11.0. The lowest BCUT2D eigenvalue weighted by atomic mass is 10.1. The third kappa shape index (κ3) is 3.01. The van der Waals surface area contributed by atoms with Crippen LogP contribution in [0.15, 0.2) is 18.2 Å². The first-order valence-electron chi connectivity index (χ1n) is 6.36. The number of benzene rings is 1. The highest BCUT2D eigenvalue weighted by Crippen LogP contribution is 2.20. The molecule has 1 atom stereocenters. The third-order valence-corrected chi connectivity index (χ3v) is 3.24. The summed E-state index contributed by atoms with van der Waals surface area (Å²) in [5.41, 5.74) is 7.99. The van der Waals surface area contributed by atoms with Crippen LogP contribution >= 0.6 is 0 Å². The topological polar surface area (TPSA) is 55.6 Å². The maximum atomic E-state index is 12.0. The lowest BCUT2D eigenvalue weighted by Gasteiger charge is -2.29. The average molecular weight is 248 g/mol. The van der Waals surface area contributed by atoms with Gasteiger partial charge in [-0.2, -0.15) is 0 Å². The molecule has 1 aliphatic rings. The number of nitrogens with two attached hydrogens (primary N) is 1. The summed E-state index contributed by atoms with van der Waals surface area (Å²) in [5.74, 6) is 0.629. The molecule has 1 fully saturated rings. The molecule has 1 aromatic carbocycles. The van der Waals surface area contributed by atoms with Crippen LogP contribution in [0.3, 0.4) is 0 Å². The Morgan fingerprint density at radius 1 is 1.44 bits per heavy atom. The van der Waals surface area contributed by atoms with Crippen molar-refractivity contribution in [3.8, 4) is 5.75 Å². The molecule has 1 unspecified atom stereocenters. The molecule has 4 nitrogen and oxygen atoms in total. The highest BCUT2D eigenvalue weighted by molar-refractivity contribution is 5.71. The zero-order valence-electron chi connectivity index (χ0n) is 11.0. The van der Waals surface area contributed by atoms with E-state index in [9.17, 15) is 4.79 Å². The van der Waals surface area contributed by atoms with E-state index in [1.807, 2.05) is 32.0 Å². The summed E-state index contributed by atoms with van der Waals surface area (Å²) in [7, 11) is 0. The molecule has 0 aliphatic carbocycles. The molecule has 0 radical (unpaired) electrons. The van der Waals surface area contributed by atoms with Crippen molar-refractivity contribution in [3.05, 3.63) is 29.3 Å². The maximum Gasteiger partial charge on any atom is 0.415 e. The van der Waals surface area contributed by atoms with Crippen LogP contribution in [0.1, 0.15) is 24.0 Å². The van der Waals surface area contributed by atoms with Gasteiger partial charge in [0.15, 0.2) is 0 Å². The highest BCUT2D eigenvalue weighted by Gasteiger charge is 2.23. The Morgan fingerprint density at radius 2 is 2.22 bits per heavy atom. The molecular weight excluding hydrogens is 228 g/mol. The van der Waals surface area contributed by atoms with Crippen molar-refractivity contribution >= 4 is 6.09 Å². The minimum atomic E-state index is -0.294. The van der Waals surface area contributed by atoms with Crippen molar-refractivity contribution in [2.45, 2.75) is 32.7 Å². The Bertz CT molecular complexity index is 445. The number of ether oxygens (including phenoxy) is 1. The molecule has 98 valence electrons. The molecule has 0 bridgehead atoms. The van der Waals surface area contributed by atoms with Gasteiger partial charge in [-0.05, 0) is 38.3 Å². The first-order valence-corrected chi connectivity index (χ1v) is 6.36. The fraction of sp³-hybridized carbons (Fsp3) is 0.500. The van der Waals surface area contributed by atoms with Crippen molar-refractivity contribution in [2.24, 2.45) is 5.73 Å². The van der Waals surface area contributed by atoms with Gasteiger partial charge in [-0.1, -0.05) is 17.7 Å². The van der Waals surface area contributed by atoms with E-state index < -0.39 is 0 Å². The van der Waals surface area contributed by atoms with Gasteiger partial charge in [0.25, 0.3) is 0 Å².